The maximum atomic E-state index is 10.9. The minimum Gasteiger partial charge on any atom is -0.507 e. The summed E-state index contributed by atoms with van der Waals surface area (Å²) in [5, 5.41) is 10.4. The average Bonchev–Trinajstić information content (AvgIpc) is 2.62. The summed E-state index contributed by atoms with van der Waals surface area (Å²) in [5.41, 5.74) is 2.67. The number of phenols is 1. The van der Waals surface area contributed by atoms with Gasteiger partial charge in [0.1, 0.15) is 5.75 Å². The van der Waals surface area contributed by atoms with E-state index in [9.17, 15) is 9.90 Å². The number of para-hydroxylation sites is 1. The number of hydrogen-bond acceptors (Lipinski definition) is 4. The molecule has 2 aromatic rings. The Balaban J connectivity index is 1.79. The minimum absolute atomic E-state index is 0.298. The van der Waals surface area contributed by atoms with Gasteiger partial charge in [0.2, 0.25) is 0 Å². The van der Waals surface area contributed by atoms with Crippen LogP contribution in [-0.4, -0.2) is 30.9 Å². The van der Waals surface area contributed by atoms with Crippen LogP contribution in [0.25, 0.3) is 11.1 Å². The molecule has 1 N–H and O–H groups in total. The summed E-state index contributed by atoms with van der Waals surface area (Å²) in [6.07, 6.45) is 2.40. The Labute approximate surface area is 142 Å². The number of aromatic hydroxyl groups is 1. The lowest BCUT2D eigenvalue weighted by Crippen LogP contribution is -2.06. The van der Waals surface area contributed by atoms with Gasteiger partial charge in [-0.3, -0.25) is 0 Å². The van der Waals surface area contributed by atoms with Crippen molar-refractivity contribution in [1.29, 1.82) is 0 Å². The Morgan fingerprint density at radius 1 is 1.04 bits per heavy atom. The number of rotatable bonds is 9. The van der Waals surface area contributed by atoms with Crippen LogP contribution in [0.1, 0.15) is 12.0 Å². The molecule has 0 aliphatic heterocycles. The predicted octanol–water partition coefficient (Wildman–Crippen LogP) is 3.74. The topological polar surface area (TPSA) is 55.8 Å². The zero-order valence-corrected chi connectivity index (χ0v) is 13.6. The highest BCUT2D eigenvalue weighted by Gasteiger charge is 2.08. The van der Waals surface area contributed by atoms with E-state index in [4.69, 9.17) is 9.47 Å². The molecule has 0 unspecified atom stereocenters. The third kappa shape index (κ3) is 5.25. The molecule has 0 spiro atoms. The van der Waals surface area contributed by atoms with Crippen LogP contribution in [0.15, 0.2) is 61.2 Å². The smallest absolute Gasteiger partial charge is 0.330 e. The number of carbonyl (C=O) groups is 1. The van der Waals surface area contributed by atoms with Crippen molar-refractivity contribution in [3.05, 3.63) is 66.7 Å². The van der Waals surface area contributed by atoms with Crippen molar-refractivity contribution >= 4 is 5.97 Å². The number of phenolic OH excluding ortho intramolecular Hbond substituents is 1. The van der Waals surface area contributed by atoms with Gasteiger partial charge in [0.15, 0.2) is 0 Å². The minimum atomic E-state index is -0.419. The first-order chi connectivity index (χ1) is 11.7. The first-order valence-corrected chi connectivity index (χ1v) is 7.95. The molecule has 2 aromatic carbocycles. The standard InChI is InChI=1S/C20H22O4/c1-2-19(21)24-14-7-13-23-15-12-17-10-6-11-18(20(17)22)16-8-4-3-5-9-16/h2-6,8-11,22H,1,7,12-15H2. The summed E-state index contributed by atoms with van der Waals surface area (Å²) in [7, 11) is 0. The van der Waals surface area contributed by atoms with Crippen molar-refractivity contribution < 1.29 is 19.4 Å². The molecule has 0 aliphatic carbocycles. The molecule has 0 bridgehead atoms. The molecule has 0 aromatic heterocycles. The lowest BCUT2D eigenvalue weighted by Gasteiger charge is -2.10. The molecule has 2 rings (SSSR count). The molecule has 0 aliphatic rings. The summed E-state index contributed by atoms with van der Waals surface area (Å²) in [6, 6.07) is 15.5. The quantitative estimate of drug-likeness (QED) is 0.433. The van der Waals surface area contributed by atoms with Crippen LogP contribution in [0, 0.1) is 0 Å². The van der Waals surface area contributed by atoms with Gasteiger partial charge in [-0.2, -0.15) is 0 Å². The van der Waals surface area contributed by atoms with Crippen molar-refractivity contribution in [1.82, 2.24) is 0 Å². The molecule has 4 nitrogen and oxygen atoms in total. The number of esters is 1. The number of carbonyl (C=O) groups excluding carboxylic acids is 1. The average molecular weight is 326 g/mol. The summed E-state index contributed by atoms with van der Waals surface area (Å²) >= 11 is 0. The zero-order valence-electron chi connectivity index (χ0n) is 13.6. The number of benzene rings is 2. The predicted molar refractivity (Wildman–Crippen MR) is 93.8 cm³/mol. The van der Waals surface area contributed by atoms with E-state index in [0.29, 0.717) is 38.4 Å². The van der Waals surface area contributed by atoms with Crippen LogP contribution in [0.3, 0.4) is 0 Å². The Bertz CT molecular complexity index is 665. The molecule has 0 radical (unpaired) electrons. The van der Waals surface area contributed by atoms with Crippen LogP contribution in [0.2, 0.25) is 0 Å². The second-order valence-corrected chi connectivity index (χ2v) is 5.27. The van der Waals surface area contributed by atoms with E-state index < -0.39 is 5.97 Å². The fourth-order valence-corrected chi connectivity index (χ4v) is 2.32. The van der Waals surface area contributed by atoms with Gasteiger partial charge in [0.05, 0.1) is 13.2 Å². The Hall–Kier alpha value is -2.59. The van der Waals surface area contributed by atoms with Crippen LogP contribution in [0.5, 0.6) is 5.75 Å². The van der Waals surface area contributed by atoms with Crippen LogP contribution in [-0.2, 0) is 20.7 Å². The van der Waals surface area contributed by atoms with E-state index in [1.54, 1.807) is 0 Å². The maximum absolute atomic E-state index is 10.9. The van der Waals surface area contributed by atoms with Crippen molar-refractivity contribution in [3.8, 4) is 16.9 Å². The highest BCUT2D eigenvalue weighted by Crippen LogP contribution is 2.32. The third-order valence-electron chi connectivity index (χ3n) is 3.56. The lowest BCUT2D eigenvalue weighted by molar-refractivity contribution is -0.138. The Kier molecular flexibility index (Phi) is 7.05. The summed E-state index contributed by atoms with van der Waals surface area (Å²) in [4.78, 5) is 10.9. The lowest BCUT2D eigenvalue weighted by atomic mass is 10.0. The molecule has 0 amide bonds. The molecule has 0 fully saturated rings. The van der Waals surface area contributed by atoms with Gasteiger partial charge >= 0.3 is 5.97 Å². The molecule has 4 heteroatoms. The summed E-state index contributed by atoms with van der Waals surface area (Å²) in [6.45, 7) is 4.65. The maximum Gasteiger partial charge on any atom is 0.330 e. The van der Waals surface area contributed by atoms with Gasteiger partial charge in [-0.05, 0) is 17.5 Å². The van der Waals surface area contributed by atoms with E-state index in [-0.39, 0.29) is 0 Å². The number of hydrogen-bond donors (Lipinski definition) is 1. The second-order valence-electron chi connectivity index (χ2n) is 5.27. The van der Waals surface area contributed by atoms with E-state index in [0.717, 1.165) is 22.8 Å². The molecular weight excluding hydrogens is 304 g/mol. The molecule has 0 atom stereocenters. The van der Waals surface area contributed by atoms with E-state index >= 15 is 0 Å². The fraction of sp³-hybridized carbons (Fsp3) is 0.250. The molecule has 126 valence electrons. The van der Waals surface area contributed by atoms with Crippen molar-refractivity contribution in [3.63, 3.8) is 0 Å². The second kappa shape index (κ2) is 9.53. The van der Waals surface area contributed by atoms with Gasteiger partial charge in [-0.25, -0.2) is 4.79 Å². The molecule has 0 saturated carbocycles. The van der Waals surface area contributed by atoms with Crippen LogP contribution >= 0.6 is 0 Å². The van der Waals surface area contributed by atoms with E-state index in [1.807, 2.05) is 48.5 Å². The Morgan fingerprint density at radius 2 is 1.83 bits per heavy atom. The monoisotopic (exact) mass is 326 g/mol. The normalized spacial score (nSPS) is 10.3. The van der Waals surface area contributed by atoms with E-state index in [2.05, 4.69) is 6.58 Å². The first kappa shape index (κ1) is 17.8. The highest BCUT2D eigenvalue weighted by molar-refractivity contribution is 5.81. The SMILES string of the molecule is C=CC(=O)OCCCOCCc1cccc(-c2ccccc2)c1O. The fourth-order valence-electron chi connectivity index (χ4n) is 2.32. The van der Waals surface area contributed by atoms with E-state index in [1.165, 1.54) is 0 Å². The third-order valence-corrected chi connectivity index (χ3v) is 3.56. The van der Waals surface area contributed by atoms with Gasteiger partial charge in [0, 0.05) is 24.7 Å². The first-order valence-electron chi connectivity index (χ1n) is 7.95. The van der Waals surface area contributed by atoms with Gasteiger partial charge in [-0.15, -0.1) is 0 Å². The zero-order chi connectivity index (χ0) is 17.2. The summed E-state index contributed by atoms with van der Waals surface area (Å²) < 4.78 is 10.4. The van der Waals surface area contributed by atoms with Crippen molar-refractivity contribution in [2.75, 3.05) is 19.8 Å². The van der Waals surface area contributed by atoms with Gasteiger partial charge < -0.3 is 14.6 Å². The summed E-state index contributed by atoms with van der Waals surface area (Å²) in [5.74, 6) is -0.120. The van der Waals surface area contributed by atoms with Gasteiger partial charge in [0.25, 0.3) is 0 Å². The van der Waals surface area contributed by atoms with Crippen molar-refractivity contribution in [2.24, 2.45) is 0 Å². The van der Waals surface area contributed by atoms with Crippen LogP contribution < -0.4 is 0 Å². The van der Waals surface area contributed by atoms with Crippen LogP contribution in [0.4, 0.5) is 0 Å². The molecule has 0 saturated heterocycles. The molecule has 24 heavy (non-hydrogen) atoms. The molecule has 0 heterocycles. The largest absolute Gasteiger partial charge is 0.507 e. The Morgan fingerprint density at radius 3 is 2.58 bits per heavy atom. The number of ether oxygens (including phenoxy) is 2. The van der Waals surface area contributed by atoms with Crippen molar-refractivity contribution in [2.45, 2.75) is 12.8 Å². The molecular formula is C20H22O4. The van der Waals surface area contributed by atoms with Gasteiger partial charge in [-0.1, -0.05) is 55.1 Å². The highest BCUT2D eigenvalue weighted by atomic mass is 16.5.